The first kappa shape index (κ1) is 13.8. The minimum absolute atomic E-state index is 0.0695. The number of amides is 1. The average Bonchev–Trinajstić information content (AvgIpc) is 2.79. The lowest BCUT2D eigenvalue weighted by molar-refractivity contribution is -0.121. The van der Waals surface area contributed by atoms with Crippen LogP contribution in [-0.4, -0.2) is 42.0 Å². The van der Waals surface area contributed by atoms with Gasteiger partial charge in [0.25, 0.3) is 0 Å². The summed E-state index contributed by atoms with van der Waals surface area (Å²) < 4.78 is 0. The number of aromatic nitrogens is 1. The fourth-order valence-electron chi connectivity index (χ4n) is 2.06. The van der Waals surface area contributed by atoms with Crippen molar-refractivity contribution in [3.8, 4) is 0 Å². The first-order valence-corrected chi connectivity index (χ1v) is 7.56. The van der Waals surface area contributed by atoms with Gasteiger partial charge in [0.1, 0.15) is 5.01 Å². The quantitative estimate of drug-likeness (QED) is 0.856. The van der Waals surface area contributed by atoms with Crippen LogP contribution in [0.25, 0.3) is 0 Å². The van der Waals surface area contributed by atoms with E-state index in [-0.39, 0.29) is 5.91 Å². The molecule has 4 nitrogen and oxygen atoms in total. The molecule has 1 N–H and O–H groups in total. The van der Waals surface area contributed by atoms with E-state index in [1.54, 1.807) is 0 Å². The molecular formula is C12H18ClN3OS. The molecule has 2 rings (SSSR count). The summed E-state index contributed by atoms with van der Waals surface area (Å²) in [5.74, 6) is 0.479. The maximum absolute atomic E-state index is 11.9. The van der Waals surface area contributed by atoms with Gasteiger partial charge in [0.2, 0.25) is 5.91 Å². The summed E-state index contributed by atoms with van der Waals surface area (Å²) in [7, 11) is 2.11. The summed E-state index contributed by atoms with van der Waals surface area (Å²) in [4.78, 5) is 18.4. The Hall–Kier alpha value is -0.650. The van der Waals surface area contributed by atoms with Crippen LogP contribution in [-0.2, 0) is 17.1 Å². The molecule has 2 heterocycles. The molecule has 18 heavy (non-hydrogen) atoms. The molecule has 1 aliphatic heterocycles. The molecule has 100 valence electrons. The van der Waals surface area contributed by atoms with Gasteiger partial charge in [0.15, 0.2) is 0 Å². The van der Waals surface area contributed by atoms with Crippen LogP contribution in [0.5, 0.6) is 0 Å². The molecule has 1 amide bonds. The maximum atomic E-state index is 11.9. The number of alkyl halides is 1. The number of piperidine rings is 1. The van der Waals surface area contributed by atoms with Gasteiger partial charge < -0.3 is 10.2 Å². The molecule has 1 fully saturated rings. The van der Waals surface area contributed by atoms with Gasteiger partial charge in [-0.25, -0.2) is 4.98 Å². The molecule has 1 aromatic rings. The third kappa shape index (κ3) is 3.93. The summed E-state index contributed by atoms with van der Waals surface area (Å²) in [6.45, 7) is 2.11. The minimum Gasteiger partial charge on any atom is -0.353 e. The minimum atomic E-state index is 0.0695. The maximum Gasteiger partial charge on any atom is 0.227 e. The van der Waals surface area contributed by atoms with Gasteiger partial charge >= 0.3 is 0 Å². The predicted molar refractivity (Wildman–Crippen MR) is 74.0 cm³/mol. The van der Waals surface area contributed by atoms with Gasteiger partial charge in [-0.1, -0.05) is 0 Å². The molecule has 0 aliphatic carbocycles. The monoisotopic (exact) mass is 287 g/mol. The van der Waals surface area contributed by atoms with Crippen molar-refractivity contribution in [2.45, 2.75) is 31.2 Å². The lowest BCUT2D eigenvalue weighted by atomic mass is 10.1. The SMILES string of the molecule is CN1CCC(NC(=O)Cc2nc(CCl)cs2)CC1. The van der Waals surface area contributed by atoms with E-state index in [1.807, 2.05) is 5.38 Å². The molecule has 0 saturated carbocycles. The van der Waals surface area contributed by atoms with Crippen LogP contribution in [0.15, 0.2) is 5.38 Å². The van der Waals surface area contributed by atoms with Crippen LogP contribution in [0.4, 0.5) is 0 Å². The number of hydrogen-bond donors (Lipinski definition) is 1. The molecule has 0 unspecified atom stereocenters. The van der Waals surface area contributed by atoms with Crippen molar-refractivity contribution in [3.63, 3.8) is 0 Å². The summed E-state index contributed by atoms with van der Waals surface area (Å²) in [6, 6.07) is 0.321. The number of likely N-dealkylation sites (tertiary alicyclic amines) is 1. The molecule has 0 bridgehead atoms. The Morgan fingerprint density at radius 1 is 1.61 bits per heavy atom. The molecule has 0 spiro atoms. The van der Waals surface area contributed by atoms with E-state index in [0.717, 1.165) is 36.6 Å². The van der Waals surface area contributed by atoms with Crippen molar-refractivity contribution in [2.24, 2.45) is 0 Å². The number of thiazole rings is 1. The summed E-state index contributed by atoms with van der Waals surface area (Å²) >= 11 is 7.19. The normalized spacial score (nSPS) is 17.9. The Kier molecular flexibility index (Phi) is 4.97. The highest BCUT2D eigenvalue weighted by atomic mass is 35.5. The number of rotatable bonds is 4. The van der Waals surface area contributed by atoms with E-state index in [1.165, 1.54) is 11.3 Å². The zero-order valence-electron chi connectivity index (χ0n) is 10.5. The van der Waals surface area contributed by atoms with Crippen LogP contribution in [0, 0.1) is 0 Å². The van der Waals surface area contributed by atoms with E-state index in [0.29, 0.717) is 18.3 Å². The van der Waals surface area contributed by atoms with Crippen LogP contribution < -0.4 is 5.32 Å². The summed E-state index contributed by atoms with van der Waals surface area (Å²) in [5, 5.41) is 5.83. The second-order valence-electron chi connectivity index (χ2n) is 4.69. The summed E-state index contributed by atoms with van der Waals surface area (Å²) in [6.07, 6.45) is 2.44. The van der Waals surface area contributed by atoms with Gasteiger partial charge in [-0.05, 0) is 33.0 Å². The standard InChI is InChI=1S/C12H18ClN3OS/c1-16-4-2-9(3-5-16)14-11(17)6-12-15-10(7-13)8-18-12/h8-9H,2-7H2,1H3,(H,14,17). The smallest absolute Gasteiger partial charge is 0.227 e. The third-order valence-electron chi connectivity index (χ3n) is 3.13. The van der Waals surface area contributed by atoms with Crippen molar-refractivity contribution in [1.29, 1.82) is 0 Å². The molecule has 1 aromatic heterocycles. The van der Waals surface area contributed by atoms with Gasteiger partial charge in [-0.3, -0.25) is 4.79 Å². The Morgan fingerprint density at radius 3 is 2.94 bits per heavy atom. The Balaban J connectivity index is 1.78. The lowest BCUT2D eigenvalue weighted by Crippen LogP contribution is -2.43. The fraction of sp³-hybridized carbons (Fsp3) is 0.667. The van der Waals surface area contributed by atoms with Crippen molar-refractivity contribution in [2.75, 3.05) is 20.1 Å². The highest BCUT2D eigenvalue weighted by molar-refractivity contribution is 7.09. The molecule has 1 aliphatic rings. The first-order valence-electron chi connectivity index (χ1n) is 6.14. The second-order valence-corrected chi connectivity index (χ2v) is 5.90. The van der Waals surface area contributed by atoms with E-state index in [9.17, 15) is 4.79 Å². The Morgan fingerprint density at radius 2 is 2.33 bits per heavy atom. The van der Waals surface area contributed by atoms with Crippen molar-refractivity contribution in [1.82, 2.24) is 15.2 Å². The molecular weight excluding hydrogens is 270 g/mol. The zero-order chi connectivity index (χ0) is 13.0. The Bertz CT molecular complexity index is 402. The average molecular weight is 288 g/mol. The van der Waals surface area contributed by atoms with Gasteiger partial charge in [-0.15, -0.1) is 22.9 Å². The molecule has 1 saturated heterocycles. The number of nitrogens with zero attached hydrogens (tertiary/aromatic N) is 2. The number of carbonyl (C=O) groups is 1. The molecule has 0 atom stereocenters. The van der Waals surface area contributed by atoms with E-state index < -0.39 is 0 Å². The number of nitrogens with one attached hydrogen (secondary N) is 1. The van der Waals surface area contributed by atoms with Crippen LogP contribution in [0.3, 0.4) is 0 Å². The van der Waals surface area contributed by atoms with E-state index in [2.05, 4.69) is 22.2 Å². The Labute approximate surface area is 116 Å². The van der Waals surface area contributed by atoms with Crippen LogP contribution >= 0.6 is 22.9 Å². The lowest BCUT2D eigenvalue weighted by Gasteiger charge is -2.29. The summed E-state index contributed by atoms with van der Waals surface area (Å²) in [5.41, 5.74) is 0.851. The first-order chi connectivity index (χ1) is 8.67. The van der Waals surface area contributed by atoms with Crippen molar-refractivity contribution < 1.29 is 4.79 Å². The topological polar surface area (TPSA) is 45.2 Å². The molecule has 6 heteroatoms. The van der Waals surface area contributed by atoms with Gasteiger partial charge in [0, 0.05) is 11.4 Å². The van der Waals surface area contributed by atoms with Crippen molar-refractivity contribution >= 4 is 28.8 Å². The zero-order valence-corrected chi connectivity index (χ0v) is 12.1. The molecule has 0 aromatic carbocycles. The molecule has 0 radical (unpaired) electrons. The highest BCUT2D eigenvalue weighted by Crippen LogP contribution is 2.13. The predicted octanol–water partition coefficient (Wildman–Crippen LogP) is 1.63. The van der Waals surface area contributed by atoms with Crippen LogP contribution in [0.1, 0.15) is 23.5 Å². The van der Waals surface area contributed by atoms with Gasteiger partial charge in [0.05, 0.1) is 18.0 Å². The highest BCUT2D eigenvalue weighted by Gasteiger charge is 2.18. The van der Waals surface area contributed by atoms with Crippen LogP contribution in [0.2, 0.25) is 0 Å². The largest absolute Gasteiger partial charge is 0.353 e. The number of carbonyl (C=O) groups excluding carboxylic acids is 1. The second kappa shape index (κ2) is 6.50. The van der Waals surface area contributed by atoms with E-state index in [4.69, 9.17) is 11.6 Å². The van der Waals surface area contributed by atoms with E-state index >= 15 is 0 Å². The number of halogens is 1. The number of hydrogen-bond acceptors (Lipinski definition) is 4. The third-order valence-corrected chi connectivity index (χ3v) is 4.30. The van der Waals surface area contributed by atoms with Crippen molar-refractivity contribution in [3.05, 3.63) is 16.1 Å². The fourth-order valence-corrected chi connectivity index (χ4v) is 3.08. The van der Waals surface area contributed by atoms with Gasteiger partial charge in [-0.2, -0.15) is 0 Å².